The van der Waals surface area contributed by atoms with E-state index >= 15 is 0 Å². The van der Waals surface area contributed by atoms with E-state index in [4.69, 9.17) is 4.74 Å². The van der Waals surface area contributed by atoms with Crippen LogP contribution in [-0.2, 0) is 22.5 Å². The van der Waals surface area contributed by atoms with Crippen molar-refractivity contribution >= 4 is 29.0 Å². The van der Waals surface area contributed by atoms with E-state index in [9.17, 15) is 14.4 Å². The highest BCUT2D eigenvalue weighted by molar-refractivity contribution is 7.14. The highest BCUT2D eigenvalue weighted by atomic mass is 32.1. The number of thiophene rings is 1. The Bertz CT molecular complexity index is 734. The lowest BCUT2D eigenvalue weighted by Gasteiger charge is -2.04. The van der Waals surface area contributed by atoms with Crippen LogP contribution < -0.4 is 5.32 Å². The molecule has 1 aromatic carbocycles. The zero-order valence-corrected chi connectivity index (χ0v) is 14.4. The summed E-state index contributed by atoms with van der Waals surface area (Å²) < 4.78 is 5.07. The predicted molar refractivity (Wildman–Crippen MR) is 92.3 cm³/mol. The van der Waals surface area contributed by atoms with Crippen LogP contribution in [0, 0.1) is 0 Å². The summed E-state index contributed by atoms with van der Waals surface area (Å²) in [5, 5.41) is 2.67. The number of benzene rings is 1. The molecule has 0 aliphatic carbocycles. The van der Waals surface area contributed by atoms with Crippen LogP contribution in [0.4, 0.5) is 0 Å². The highest BCUT2D eigenvalue weighted by Crippen LogP contribution is 2.17. The summed E-state index contributed by atoms with van der Waals surface area (Å²) in [5.41, 5.74) is 1.56. The molecule has 0 saturated heterocycles. The maximum Gasteiger partial charge on any atom is 0.338 e. The van der Waals surface area contributed by atoms with Crippen molar-refractivity contribution in [1.82, 2.24) is 5.32 Å². The summed E-state index contributed by atoms with van der Waals surface area (Å²) in [6.45, 7) is 3.56. The Labute approximate surface area is 144 Å². The molecule has 1 heterocycles. The normalized spacial score (nSPS) is 10.2. The minimum atomic E-state index is -0.513. The zero-order chi connectivity index (χ0) is 17.5. The number of carbonyl (C=O) groups excluding carboxylic acids is 3. The molecule has 0 aliphatic heterocycles. The average Bonchev–Trinajstić information content (AvgIpc) is 3.06. The number of carbonyl (C=O) groups is 3. The third-order valence-electron chi connectivity index (χ3n) is 3.38. The fraction of sp³-hybridized carbons (Fsp3) is 0.278. The molecule has 0 fully saturated rings. The smallest absolute Gasteiger partial charge is 0.338 e. The molecule has 0 atom stereocenters. The Kier molecular flexibility index (Phi) is 6.26. The summed E-state index contributed by atoms with van der Waals surface area (Å²) in [7, 11) is 0. The van der Waals surface area contributed by atoms with Crippen LogP contribution in [0.15, 0.2) is 36.4 Å². The number of Topliss-reactive ketones (excluding diaryl/α,β-unsaturated/α-hetero) is 1. The maximum atomic E-state index is 12.1. The quantitative estimate of drug-likeness (QED) is 0.618. The topological polar surface area (TPSA) is 72.5 Å². The van der Waals surface area contributed by atoms with Crippen molar-refractivity contribution in [3.8, 4) is 0 Å². The molecule has 5 nitrogen and oxygen atoms in total. The number of nitrogens with one attached hydrogen (secondary N) is 1. The largest absolute Gasteiger partial charge is 0.454 e. The van der Waals surface area contributed by atoms with Gasteiger partial charge in [-0.15, -0.1) is 11.3 Å². The fourth-order valence-corrected chi connectivity index (χ4v) is 2.87. The highest BCUT2D eigenvalue weighted by Gasteiger charge is 2.14. The monoisotopic (exact) mass is 345 g/mol. The SMILES string of the molecule is CCc1ccc(C(=O)OCC(=O)c2ccc(CNC(C)=O)s2)cc1. The van der Waals surface area contributed by atoms with Crippen molar-refractivity contribution in [1.29, 1.82) is 0 Å². The predicted octanol–water partition coefficient (Wildman–Crippen LogP) is 2.99. The second kappa shape index (κ2) is 8.40. The molecular formula is C18H19NO4S. The van der Waals surface area contributed by atoms with E-state index in [1.54, 1.807) is 24.3 Å². The Balaban J connectivity index is 1.87. The number of rotatable bonds is 7. The number of aryl methyl sites for hydroxylation is 1. The van der Waals surface area contributed by atoms with Crippen LogP contribution in [0.3, 0.4) is 0 Å². The summed E-state index contributed by atoms with van der Waals surface area (Å²) >= 11 is 1.28. The van der Waals surface area contributed by atoms with Crippen LogP contribution in [0.5, 0.6) is 0 Å². The first-order chi connectivity index (χ1) is 11.5. The molecule has 6 heteroatoms. The zero-order valence-electron chi connectivity index (χ0n) is 13.6. The van der Waals surface area contributed by atoms with Gasteiger partial charge in [-0.25, -0.2) is 4.79 Å². The number of hydrogen-bond acceptors (Lipinski definition) is 5. The first-order valence-corrected chi connectivity index (χ1v) is 8.43. The number of hydrogen-bond donors (Lipinski definition) is 1. The van der Waals surface area contributed by atoms with Crippen LogP contribution >= 0.6 is 11.3 Å². The van der Waals surface area contributed by atoms with Crippen molar-refractivity contribution in [3.05, 3.63) is 57.3 Å². The molecule has 126 valence electrons. The Morgan fingerprint density at radius 3 is 2.42 bits per heavy atom. The number of amides is 1. The summed E-state index contributed by atoms with van der Waals surface area (Å²) in [6.07, 6.45) is 0.896. The van der Waals surface area contributed by atoms with Gasteiger partial charge in [0.25, 0.3) is 0 Å². The molecule has 0 bridgehead atoms. The van der Waals surface area contributed by atoms with E-state index in [2.05, 4.69) is 5.32 Å². The third-order valence-corrected chi connectivity index (χ3v) is 4.51. The Hall–Kier alpha value is -2.47. The second-order valence-corrected chi connectivity index (χ2v) is 6.39. The van der Waals surface area contributed by atoms with Crippen molar-refractivity contribution in [2.45, 2.75) is 26.8 Å². The first-order valence-electron chi connectivity index (χ1n) is 7.62. The van der Waals surface area contributed by atoms with Gasteiger partial charge in [0, 0.05) is 11.8 Å². The first kappa shape index (κ1) is 17.9. The third kappa shape index (κ3) is 5.03. The van der Waals surface area contributed by atoms with E-state index in [-0.39, 0.29) is 18.3 Å². The number of ketones is 1. The second-order valence-electron chi connectivity index (χ2n) is 5.23. The standard InChI is InChI=1S/C18H19NO4S/c1-3-13-4-6-14(7-5-13)18(22)23-11-16(21)17-9-8-15(24-17)10-19-12(2)20/h4-9H,3,10-11H2,1-2H3,(H,19,20). The number of esters is 1. The summed E-state index contributed by atoms with van der Waals surface area (Å²) in [6, 6.07) is 10.6. The lowest BCUT2D eigenvalue weighted by atomic mass is 10.1. The molecule has 1 aromatic heterocycles. The average molecular weight is 345 g/mol. The van der Waals surface area contributed by atoms with Gasteiger partial charge in [-0.2, -0.15) is 0 Å². The lowest BCUT2D eigenvalue weighted by Crippen LogP contribution is -2.18. The van der Waals surface area contributed by atoms with Crippen molar-refractivity contribution in [2.75, 3.05) is 6.61 Å². The van der Waals surface area contributed by atoms with E-state index in [0.29, 0.717) is 17.0 Å². The van der Waals surface area contributed by atoms with Crippen molar-refractivity contribution < 1.29 is 19.1 Å². The van der Waals surface area contributed by atoms with Crippen LogP contribution in [0.2, 0.25) is 0 Å². The molecule has 1 N–H and O–H groups in total. The molecule has 24 heavy (non-hydrogen) atoms. The van der Waals surface area contributed by atoms with Gasteiger partial charge in [-0.05, 0) is 36.2 Å². The molecule has 0 spiro atoms. The molecule has 0 aliphatic rings. The minimum absolute atomic E-state index is 0.126. The summed E-state index contributed by atoms with van der Waals surface area (Å²) in [4.78, 5) is 36.3. The van der Waals surface area contributed by atoms with E-state index in [1.807, 2.05) is 19.1 Å². The van der Waals surface area contributed by atoms with Gasteiger partial charge in [-0.3, -0.25) is 9.59 Å². The van der Waals surface area contributed by atoms with Gasteiger partial charge in [0.1, 0.15) is 0 Å². The molecule has 2 rings (SSSR count). The Morgan fingerprint density at radius 1 is 1.08 bits per heavy atom. The lowest BCUT2D eigenvalue weighted by molar-refractivity contribution is -0.119. The Morgan fingerprint density at radius 2 is 1.79 bits per heavy atom. The van der Waals surface area contributed by atoms with E-state index < -0.39 is 5.97 Å². The van der Waals surface area contributed by atoms with Gasteiger partial charge in [0.15, 0.2) is 6.61 Å². The molecule has 2 aromatic rings. The molecule has 1 amide bonds. The van der Waals surface area contributed by atoms with Gasteiger partial charge in [-0.1, -0.05) is 19.1 Å². The van der Waals surface area contributed by atoms with Crippen LogP contribution in [0.1, 0.15) is 44.3 Å². The van der Waals surface area contributed by atoms with Crippen molar-refractivity contribution in [2.24, 2.45) is 0 Å². The molecule has 0 unspecified atom stereocenters. The molecular weight excluding hydrogens is 326 g/mol. The van der Waals surface area contributed by atoms with Crippen LogP contribution in [-0.4, -0.2) is 24.3 Å². The van der Waals surface area contributed by atoms with E-state index in [1.165, 1.54) is 18.3 Å². The van der Waals surface area contributed by atoms with Gasteiger partial charge >= 0.3 is 5.97 Å². The number of ether oxygens (including phenoxy) is 1. The van der Waals surface area contributed by atoms with Gasteiger partial charge in [0.2, 0.25) is 11.7 Å². The van der Waals surface area contributed by atoms with Gasteiger partial charge in [0.05, 0.1) is 17.0 Å². The van der Waals surface area contributed by atoms with E-state index in [0.717, 1.165) is 16.9 Å². The van der Waals surface area contributed by atoms with Crippen molar-refractivity contribution in [3.63, 3.8) is 0 Å². The minimum Gasteiger partial charge on any atom is -0.454 e. The molecule has 0 radical (unpaired) electrons. The van der Waals surface area contributed by atoms with Crippen LogP contribution in [0.25, 0.3) is 0 Å². The molecule has 0 saturated carbocycles. The maximum absolute atomic E-state index is 12.1. The van der Waals surface area contributed by atoms with Gasteiger partial charge < -0.3 is 10.1 Å². The summed E-state index contributed by atoms with van der Waals surface area (Å²) in [5.74, 6) is -0.895. The fourth-order valence-electron chi connectivity index (χ4n) is 2.00.